The van der Waals surface area contributed by atoms with Gasteiger partial charge in [0.1, 0.15) is 0 Å². The third-order valence-corrected chi connectivity index (χ3v) is 10.8. The molecule has 9 nitrogen and oxygen atoms in total. The minimum atomic E-state index is -4.80. The van der Waals surface area contributed by atoms with E-state index in [0.717, 1.165) is 0 Å². The van der Waals surface area contributed by atoms with E-state index in [4.69, 9.17) is 36.4 Å². The zero-order valence-corrected chi connectivity index (χ0v) is 19.1. The van der Waals surface area contributed by atoms with E-state index in [1.807, 2.05) is 6.07 Å². The van der Waals surface area contributed by atoms with Gasteiger partial charge in [-0.1, -0.05) is 0 Å². The van der Waals surface area contributed by atoms with Crippen molar-refractivity contribution in [3.8, 4) is 5.75 Å². The summed E-state index contributed by atoms with van der Waals surface area (Å²) in [5, 5.41) is -1.96. The Morgan fingerprint density at radius 1 is 0.800 bits per heavy atom. The third-order valence-electron chi connectivity index (χ3n) is 5.43. The van der Waals surface area contributed by atoms with Crippen molar-refractivity contribution >= 4 is 15.3 Å². The molecule has 2 atom stereocenters. The van der Waals surface area contributed by atoms with Gasteiger partial charge in [0.15, 0.2) is 0 Å². The predicted octanol–water partition coefficient (Wildman–Crippen LogP) is 4.69. The van der Waals surface area contributed by atoms with E-state index >= 15 is 0 Å². The van der Waals surface area contributed by atoms with Gasteiger partial charge in [0.25, 0.3) is 0 Å². The molecule has 0 bridgehead atoms. The normalized spacial score (nSPS) is 30.0. The van der Waals surface area contributed by atoms with Gasteiger partial charge in [-0.15, -0.1) is 0 Å². The first-order valence-electron chi connectivity index (χ1n) is 9.03. The number of para-hydroxylation sites is 1. The predicted molar refractivity (Wildman–Crippen MR) is 109 cm³/mol. The number of ether oxygens (including phenoxy) is 1. The number of hydrogen-bond acceptors (Lipinski definition) is 9. The van der Waals surface area contributed by atoms with Crippen molar-refractivity contribution in [1.29, 1.82) is 0 Å². The van der Waals surface area contributed by atoms with Gasteiger partial charge in [-0.25, -0.2) is 0 Å². The zero-order valence-electron chi connectivity index (χ0n) is 17.3. The van der Waals surface area contributed by atoms with Crippen molar-refractivity contribution in [3.63, 3.8) is 0 Å². The van der Waals surface area contributed by atoms with E-state index < -0.39 is 26.5 Å². The van der Waals surface area contributed by atoms with Gasteiger partial charge in [-0.05, 0) is 0 Å². The Kier molecular flexibility index (Phi) is 5.15. The third kappa shape index (κ3) is 2.44. The Morgan fingerprint density at radius 3 is 1.93 bits per heavy atom. The fourth-order valence-corrected chi connectivity index (χ4v) is 8.86. The molecule has 2 aliphatic heterocycles. The first kappa shape index (κ1) is 21.8. The molecule has 2 aliphatic rings. The minimum absolute atomic E-state index is 0.385. The summed E-state index contributed by atoms with van der Waals surface area (Å²) in [4.78, 5) is 0. The molecule has 1 saturated heterocycles. The molecule has 0 aromatic heterocycles. The van der Waals surface area contributed by atoms with Gasteiger partial charge in [-0.3, -0.25) is 0 Å². The number of fused-ring (bicyclic) bond motifs is 3. The van der Waals surface area contributed by atoms with Gasteiger partial charge in [0, 0.05) is 0 Å². The van der Waals surface area contributed by atoms with Crippen LogP contribution >= 0.6 is 15.3 Å². The van der Waals surface area contributed by atoms with Crippen molar-refractivity contribution < 1.29 is 41.0 Å². The van der Waals surface area contributed by atoms with Gasteiger partial charge in [-0.2, -0.15) is 0 Å². The summed E-state index contributed by atoms with van der Waals surface area (Å²) in [5.74, 6) is -1.48. The quantitative estimate of drug-likeness (QED) is 0.548. The van der Waals surface area contributed by atoms with Crippen LogP contribution in [-0.2, 0) is 47.4 Å². The molecule has 2 unspecified atom stereocenters. The second-order valence-corrected chi connectivity index (χ2v) is 11.9. The van der Waals surface area contributed by atoms with E-state index in [0.29, 0.717) is 16.9 Å². The van der Waals surface area contributed by atoms with E-state index in [9.17, 15) is 4.57 Å². The Balaban J connectivity index is 2.16. The molecule has 0 radical (unpaired) electrons. The number of benzene rings is 2. The molecule has 0 N–H and O–H groups in total. The molecule has 0 amide bonds. The van der Waals surface area contributed by atoms with Crippen LogP contribution in [0.2, 0.25) is 0 Å². The van der Waals surface area contributed by atoms with Crippen LogP contribution in [0.5, 0.6) is 5.75 Å². The van der Waals surface area contributed by atoms with E-state index in [-0.39, 0.29) is 0 Å². The standard InChI is InChI=1S/C19H24O9P2/c1-21-29(20,22-2)19-16-13-9-10-14-17(16)26-18(19,15-11-7-6-8-12-15)27-30(23-3,24-4,25-5)28-19/h6-14H,1-5H3. The van der Waals surface area contributed by atoms with E-state index in [1.165, 1.54) is 35.5 Å². The average molecular weight is 458 g/mol. The summed E-state index contributed by atoms with van der Waals surface area (Å²) in [6, 6.07) is 15.8. The van der Waals surface area contributed by atoms with E-state index in [2.05, 4.69) is 0 Å². The fraction of sp³-hybridized carbons (Fsp3) is 0.368. The molecule has 30 heavy (non-hydrogen) atoms. The van der Waals surface area contributed by atoms with Crippen LogP contribution in [0, 0.1) is 0 Å². The Hall–Kier alpha value is -1.38. The topological polar surface area (TPSA) is 90.9 Å². The Labute approximate surface area is 175 Å². The maximum absolute atomic E-state index is 14.2. The first-order valence-corrected chi connectivity index (χ1v) is 12.4. The van der Waals surface area contributed by atoms with Crippen LogP contribution in [-0.4, -0.2) is 35.5 Å². The Morgan fingerprint density at radius 2 is 1.37 bits per heavy atom. The van der Waals surface area contributed by atoms with Gasteiger partial charge >= 0.3 is 174 Å². The molecule has 164 valence electrons. The van der Waals surface area contributed by atoms with Crippen molar-refractivity contribution in [2.45, 2.75) is 11.1 Å². The van der Waals surface area contributed by atoms with Gasteiger partial charge in [0.05, 0.1) is 0 Å². The van der Waals surface area contributed by atoms with Crippen molar-refractivity contribution in [3.05, 3.63) is 65.7 Å². The molecule has 0 saturated carbocycles. The average Bonchev–Trinajstić information content (AvgIpc) is 3.25. The van der Waals surface area contributed by atoms with Crippen LogP contribution in [0.25, 0.3) is 0 Å². The molecule has 0 spiro atoms. The summed E-state index contributed by atoms with van der Waals surface area (Å²) in [7, 11) is -2.49. The SMILES string of the molecule is COP(=O)(OC)C12OP(OC)(OC)(OC)OC1(c1ccccc1)Oc1ccccc12. The molecule has 0 aliphatic carbocycles. The number of rotatable bonds is 7. The van der Waals surface area contributed by atoms with Crippen LogP contribution in [0.15, 0.2) is 54.6 Å². The summed E-state index contributed by atoms with van der Waals surface area (Å²) in [6.45, 7) is 0. The van der Waals surface area contributed by atoms with E-state index in [1.54, 1.807) is 48.5 Å². The molecule has 2 aromatic carbocycles. The molecule has 2 aromatic rings. The van der Waals surface area contributed by atoms with Crippen LogP contribution in [0.3, 0.4) is 0 Å². The van der Waals surface area contributed by atoms with Gasteiger partial charge in [0.2, 0.25) is 0 Å². The molecular weight excluding hydrogens is 434 g/mol. The summed E-state index contributed by atoms with van der Waals surface area (Å²) >= 11 is 0. The van der Waals surface area contributed by atoms with Crippen LogP contribution < -0.4 is 4.74 Å². The summed E-state index contributed by atoms with van der Waals surface area (Å²) in [5.41, 5.74) is 0.867. The summed E-state index contributed by atoms with van der Waals surface area (Å²) in [6.07, 6.45) is 0. The fourth-order valence-electron chi connectivity index (χ4n) is 3.99. The van der Waals surface area contributed by atoms with Crippen molar-refractivity contribution in [2.75, 3.05) is 35.5 Å². The second kappa shape index (κ2) is 7.07. The van der Waals surface area contributed by atoms with Gasteiger partial charge < -0.3 is 0 Å². The molecular formula is C19H24O9P2. The number of hydrogen-bond donors (Lipinski definition) is 0. The monoisotopic (exact) mass is 458 g/mol. The zero-order chi connectivity index (χ0) is 21.7. The molecule has 4 rings (SSSR count). The first-order chi connectivity index (χ1) is 14.3. The van der Waals surface area contributed by atoms with Crippen LogP contribution in [0.1, 0.15) is 11.1 Å². The van der Waals surface area contributed by atoms with Crippen LogP contribution in [0.4, 0.5) is 0 Å². The second-order valence-electron chi connectivity index (χ2n) is 6.56. The van der Waals surface area contributed by atoms with Crippen molar-refractivity contribution in [2.24, 2.45) is 0 Å². The molecule has 1 fully saturated rings. The molecule has 11 heteroatoms. The maximum atomic E-state index is 14.2. The summed E-state index contributed by atoms with van der Waals surface area (Å²) < 4.78 is 61.2. The Bertz CT molecular complexity index is 977. The van der Waals surface area contributed by atoms with Crippen molar-refractivity contribution in [1.82, 2.24) is 0 Å². The molecule has 2 heterocycles.